The fourth-order valence-electron chi connectivity index (χ4n) is 3.47. The van der Waals surface area contributed by atoms with E-state index >= 15 is 0 Å². The van der Waals surface area contributed by atoms with Crippen LogP contribution in [0.3, 0.4) is 0 Å². The smallest absolute Gasteiger partial charge is 0.196 e. The first-order chi connectivity index (χ1) is 15.0. The minimum Gasteiger partial charge on any atom is -0.489 e. The predicted molar refractivity (Wildman–Crippen MR) is 126 cm³/mol. The summed E-state index contributed by atoms with van der Waals surface area (Å²) in [7, 11) is 0. The van der Waals surface area contributed by atoms with Gasteiger partial charge in [0.05, 0.1) is 18.8 Å². The third-order valence-corrected chi connectivity index (χ3v) is 6.63. The Morgan fingerprint density at radius 1 is 0.871 bits per heavy atom. The summed E-state index contributed by atoms with van der Waals surface area (Å²) in [6, 6.07) is 21.3. The number of hydrogen-bond acceptors (Lipinski definition) is 6. The van der Waals surface area contributed by atoms with E-state index in [1.807, 2.05) is 66.7 Å². The van der Waals surface area contributed by atoms with Gasteiger partial charge < -0.3 is 20.7 Å². The number of aliphatic hydroxyl groups is 2. The van der Waals surface area contributed by atoms with Crippen molar-refractivity contribution in [2.24, 2.45) is 5.73 Å². The van der Waals surface area contributed by atoms with Gasteiger partial charge in [0.15, 0.2) is 5.43 Å². The number of benzene rings is 3. The Kier molecular flexibility index (Phi) is 6.34. The van der Waals surface area contributed by atoms with Crippen molar-refractivity contribution in [1.29, 1.82) is 0 Å². The molecule has 1 aromatic heterocycles. The fraction of sp³-hybridized carbons (Fsp3) is 0.240. The molecule has 0 amide bonds. The lowest BCUT2D eigenvalue weighted by molar-refractivity contribution is 0.115. The quantitative estimate of drug-likeness (QED) is 0.368. The van der Waals surface area contributed by atoms with Crippen LogP contribution >= 0.6 is 11.3 Å². The molecule has 0 aliphatic rings. The van der Waals surface area contributed by atoms with Crippen molar-refractivity contribution in [2.75, 3.05) is 13.2 Å². The summed E-state index contributed by atoms with van der Waals surface area (Å²) in [6.45, 7) is -0.0985. The third kappa shape index (κ3) is 4.78. The predicted octanol–water partition coefficient (Wildman–Crippen LogP) is 3.61. The maximum atomic E-state index is 13.1. The molecule has 31 heavy (non-hydrogen) atoms. The van der Waals surface area contributed by atoms with Gasteiger partial charge in [0.2, 0.25) is 0 Å². The molecule has 4 rings (SSSR count). The molecule has 3 aromatic carbocycles. The van der Waals surface area contributed by atoms with Crippen LogP contribution in [0.4, 0.5) is 0 Å². The number of aryl methyl sites for hydroxylation is 1. The molecule has 0 atom stereocenters. The molecule has 0 saturated carbocycles. The van der Waals surface area contributed by atoms with Gasteiger partial charge in [-0.05, 0) is 54.3 Å². The van der Waals surface area contributed by atoms with Crippen molar-refractivity contribution in [3.8, 4) is 5.75 Å². The molecular weight excluding hydrogens is 410 g/mol. The lowest BCUT2D eigenvalue weighted by Gasteiger charge is -2.24. The second kappa shape index (κ2) is 9.16. The van der Waals surface area contributed by atoms with Gasteiger partial charge in [-0.1, -0.05) is 36.4 Å². The number of hydrogen-bond donors (Lipinski definition) is 3. The van der Waals surface area contributed by atoms with Crippen molar-refractivity contribution >= 4 is 31.5 Å². The number of nitrogens with two attached hydrogens (primary N) is 1. The maximum absolute atomic E-state index is 13.1. The van der Waals surface area contributed by atoms with E-state index in [4.69, 9.17) is 10.5 Å². The van der Waals surface area contributed by atoms with Crippen molar-refractivity contribution in [2.45, 2.75) is 25.0 Å². The summed E-state index contributed by atoms with van der Waals surface area (Å²) >= 11 is 1.56. The molecule has 0 saturated heterocycles. The highest BCUT2D eigenvalue weighted by Crippen LogP contribution is 2.29. The zero-order valence-electron chi connectivity index (χ0n) is 17.1. The van der Waals surface area contributed by atoms with E-state index in [0.29, 0.717) is 36.0 Å². The van der Waals surface area contributed by atoms with Gasteiger partial charge in [-0.25, -0.2) is 0 Å². The minimum atomic E-state index is -0.998. The summed E-state index contributed by atoms with van der Waals surface area (Å²) in [6.07, 6.45) is 1.06. The van der Waals surface area contributed by atoms with E-state index < -0.39 is 5.54 Å². The molecule has 0 spiro atoms. The average molecular weight is 436 g/mol. The zero-order chi connectivity index (χ0) is 21.8. The van der Waals surface area contributed by atoms with Gasteiger partial charge in [-0.3, -0.25) is 4.79 Å². The Balaban J connectivity index is 1.60. The first-order valence-corrected chi connectivity index (χ1v) is 11.0. The summed E-state index contributed by atoms with van der Waals surface area (Å²) in [5, 5.41) is 20.1. The van der Waals surface area contributed by atoms with Gasteiger partial charge in [-0.15, -0.1) is 11.3 Å². The van der Waals surface area contributed by atoms with Crippen LogP contribution < -0.4 is 15.9 Å². The topological polar surface area (TPSA) is 92.8 Å². The van der Waals surface area contributed by atoms with Crippen LogP contribution in [0.25, 0.3) is 20.2 Å². The first kappa shape index (κ1) is 21.5. The van der Waals surface area contributed by atoms with Gasteiger partial charge >= 0.3 is 0 Å². The normalized spacial score (nSPS) is 11.8. The lowest BCUT2D eigenvalue weighted by atomic mass is 9.94. The van der Waals surface area contributed by atoms with Gasteiger partial charge in [0, 0.05) is 20.2 Å². The van der Waals surface area contributed by atoms with Crippen LogP contribution in [0.2, 0.25) is 0 Å². The van der Waals surface area contributed by atoms with Crippen molar-refractivity contribution in [3.63, 3.8) is 0 Å². The molecule has 0 fully saturated rings. The van der Waals surface area contributed by atoms with Crippen LogP contribution in [-0.2, 0) is 13.0 Å². The standard InChI is InChI=1S/C25H25NO4S/c26-25(15-27,16-28)11-10-17-6-8-20-23(12-17)31-22-9-7-19(13-21(22)24(20)29)30-14-18-4-2-1-3-5-18/h1-9,12-13,27-28H,10-11,14-16,26H2. The molecule has 1 heterocycles. The Labute approximate surface area is 184 Å². The Hall–Kier alpha value is -2.77. The number of rotatable bonds is 8. The van der Waals surface area contributed by atoms with Gasteiger partial charge in [-0.2, -0.15) is 0 Å². The lowest BCUT2D eigenvalue weighted by Crippen LogP contribution is -2.47. The van der Waals surface area contributed by atoms with E-state index in [9.17, 15) is 15.0 Å². The van der Waals surface area contributed by atoms with E-state index in [0.717, 1.165) is 20.5 Å². The SMILES string of the molecule is NC(CO)(CO)CCc1ccc2c(=O)c3cc(OCc4ccccc4)ccc3sc2c1. The highest BCUT2D eigenvalue weighted by molar-refractivity contribution is 7.24. The molecule has 0 unspecified atom stereocenters. The second-order valence-corrected chi connectivity index (χ2v) is 8.96. The summed E-state index contributed by atoms with van der Waals surface area (Å²) in [5.74, 6) is 0.670. The van der Waals surface area contributed by atoms with Gasteiger partial charge in [0.1, 0.15) is 12.4 Å². The number of fused-ring (bicyclic) bond motifs is 2. The molecule has 4 N–H and O–H groups in total. The average Bonchev–Trinajstić information content (AvgIpc) is 2.82. The summed E-state index contributed by atoms with van der Waals surface area (Å²) in [5.41, 5.74) is 7.05. The number of ether oxygens (including phenoxy) is 1. The highest BCUT2D eigenvalue weighted by Gasteiger charge is 2.22. The molecule has 4 aromatic rings. The fourth-order valence-corrected chi connectivity index (χ4v) is 4.58. The molecule has 0 aliphatic heterocycles. The molecule has 0 bridgehead atoms. The van der Waals surface area contributed by atoms with E-state index in [1.165, 1.54) is 0 Å². The zero-order valence-corrected chi connectivity index (χ0v) is 17.9. The Morgan fingerprint density at radius 3 is 2.39 bits per heavy atom. The Bertz CT molecular complexity index is 1250. The van der Waals surface area contributed by atoms with Gasteiger partial charge in [0.25, 0.3) is 0 Å². The summed E-state index contributed by atoms with van der Waals surface area (Å²) in [4.78, 5) is 13.1. The van der Waals surface area contributed by atoms with Crippen LogP contribution in [0.1, 0.15) is 17.5 Å². The molecule has 0 aliphatic carbocycles. The molecule has 160 valence electrons. The summed E-state index contributed by atoms with van der Waals surface area (Å²) < 4.78 is 7.69. The Morgan fingerprint density at radius 2 is 1.65 bits per heavy atom. The molecule has 5 nitrogen and oxygen atoms in total. The van der Waals surface area contributed by atoms with Crippen LogP contribution in [0, 0.1) is 0 Å². The largest absolute Gasteiger partial charge is 0.489 e. The molecule has 6 heteroatoms. The van der Waals surface area contributed by atoms with Crippen molar-refractivity contribution in [3.05, 3.63) is 88.1 Å². The highest BCUT2D eigenvalue weighted by atomic mass is 32.1. The van der Waals surface area contributed by atoms with Crippen LogP contribution in [0.15, 0.2) is 71.5 Å². The number of aliphatic hydroxyl groups excluding tert-OH is 2. The van der Waals surface area contributed by atoms with E-state index in [1.54, 1.807) is 11.3 Å². The van der Waals surface area contributed by atoms with Crippen LogP contribution in [0.5, 0.6) is 5.75 Å². The molecule has 0 radical (unpaired) electrons. The molecular formula is C25H25NO4S. The van der Waals surface area contributed by atoms with Crippen molar-refractivity contribution < 1.29 is 14.9 Å². The maximum Gasteiger partial charge on any atom is 0.196 e. The third-order valence-electron chi connectivity index (χ3n) is 5.50. The second-order valence-electron chi connectivity index (χ2n) is 7.87. The van der Waals surface area contributed by atoms with Crippen molar-refractivity contribution in [1.82, 2.24) is 0 Å². The minimum absolute atomic E-state index is 0.0145. The van der Waals surface area contributed by atoms with E-state index in [2.05, 4.69) is 0 Å². The first-order valence-electron chi connectivity index (χ1n) is 10.2. The van der Waals surface area contributed by atoms with E-state index in [-0.39, 0.29) is 18.6 Å². The van der Waals surface area contributed by atoms with Crippen LogP contribution in [-0.4, -0.2) is 29.0 Å². The monoisotopic (exact) mass is 435 g/mol.